The summed E-state index contributed by atoms with van der Waals surface area (Å²) < 4.78 is 27.7. The van der Waals surface area contributed by atoms with Gasteiger partial charge in [0.05, 0.1) is 26.3 Å². The highest BCUT2D eigenvalue weighted by Gasteiger charge is 2.29. The topological polar surface area (TPSA) is 66.5 Å². The molecular formula is C21H16Cl4N2O3S. The average molecular weight is 518 g/mol. The fraction of sp³-hybridized carbons (Fsp3) is 0.0952. The molecule has 31 heavy (non-hydrogen) atoms. The van der Waals surface area contributed by atoms with Gasteiger partial charge in [0.1, 0.15) is 6.54 Å². The minimum absolute atomic E-state index is 0.00253. The van der Waals surface area contributed by atoms with Gasteiger partial charge in [-0.1, -0.05) is 64.1 Å². The molecule has 1 N–H and O–H groups in total. The van der Waals surface area contributed by atoms with E-state index in [0.717, 1.165) is 9.87 Å². The number of carbonyl (C=O) groups is 1. The van der Waals surface area contributed by atoms with E-state index in [9.17, 15) is 13.2 Å². The van der Waals surface area contributed by atoms with Crippen LogP contribution in [0.15, 0.2) is 65.6 Å². The van der Waals surface area contributed by atoms with Crippen LogP contribution in [0.3, 0.4) is 0 Å². The molecule has 0 aliphatic rings. The Labute approximate surface area is 200 Å². The summed E-state index contributed by atoms with van der Waals surface area (Å²) in [5.74, 6) is -0.643. The molecule has 3 aromatic carbocycles. The standard InChI is InChI=1S/C21H16Cl4N2O3S/c1-13-2-6-16(7-3-13)31(29,30)27(20-11-15(23)5-9-18(20)25)12-21(28)26-19-10-14(22)4-8-17(19)24/h2-11H,12H2,1H3,(H,26,28). The number of hydrogen-bond acceptors (Lipinski definition) is 3. The van der Waals surface area contributed by atoms with Gasteiger partial charge in [0, 0.05) is 10.0 Å². The number of anilines is 2. The van der Waals surface area contributed by atoms with Gasteiger partial charge in [-0.25, -0.2) is 8.42 Å². The number of halogens is 4. The Morgan fingerprint density at radius 3 is 2.10 bits per heavy atom. The van der Waals surface area contributed by atoms with Crippen molar-refractivity contribution < 1.29 is 13.2 Å². The number of rotatable bonds is 6. The van der Waals surface area contributed by atoms with Crippen LogP contribution in [0.1, 0.15) is 5.56 Å². The highest BCUT2D eigenvalue weighted by molar-refractivity contribution is 7.92. The van der Waals surface area contributed by atoms with E-state index in [1.165, 1.54) is 42.5 Å². The van der Waals surface area contributed by atoms with E-state index < -0.39 is 22.5 Å². The normalized spacial score (nSPS) is 11.3. The smallest absolute Gasteiger partial charge is 0.264 e. The van der Waals surface area contributed by atoms with Crippen LogP contribution in [0.25, 0.3) is 0 Å². The van der Waals surface area contributed by atoms with Gasteiger partial charge in [0.15, 0.2) is 0 Å². The monoisotopic (exact) mass is 516 g/mol. The van der Waals surface area contributed by atoms with Crippen molar-refractivity contribution in [2.75, 3.05) is 16.2 Å². The lowest BCUT2D eigenvalue weighted by Crippen LogP contribution is -2.38. The predicted molar refractivity (Wildman–Crippen MR) is 127 cm³/mol. The minimum atomic E-state index is -4.15. The second-order valence-electron chi connectivity index (χ2n) is 6.59. The molecule has 5 nitrogen and oxygen atoms in total. The summed E-state index contributed by atoms with van der Waals surface area (Å²) in [5, 5.41) is 3.58. The molecule has 0 saturated carbocycles. The molecule has 0 saturated heterocycles. The third-order valence-corrected chi connectivity index (χ3v) is 7.17. The fourth-order valence-electron chi connectivity index (χ4n) is 2.73. The maximum atomic E-state index is 13.4. The van der Waals surface area contributed by atoms with Crippen molar-refractivity contribution >= 4 is 73.7 Å². The Balaban J connectivity index is 2.02. The minimum Gasteiger partial charge on any atom is -0.323 e. The average Bonchev–Trinajstić information content (AvgIpc) is 2.71. The van der Waals surface area contributed by atoms with Crippen LogP contribution in [0.4, 0.5) is 11.4 Å². The Bertz CT molecular complexity index is 1230. The van der Waals surface area contributed by atoms with Crippen molar-refractivity contribution in [2.24, 2.45) is 0 Å². The third-order valence-electron chi connectivity index (χ3n) is 4.28. The first-order valence-electron chi connectivity index (χ1n) is 8.87. The molecule has 10 heteroatoms. The molecule has 0 fully saturated rings. The lowest BCUT2D eigenvalue weighted by Gasteiger charge is -2.25. The third kappa shape index (κ3) is 5.64. The molecule has 0 radical (unpaired) electrons. The molecule has 0 aliphatic heterocycles. The van der Waals surface area contributed by atoms with Crippen LogP contribution in [0.2, 0.25) is 20.1 Å². The van der Waals surface area contributed by atoms with Crippen LogP contribution >= 0.6 is 46.4 Å². The molecule has 0 atom stereocenters. The lowest BCUT2D eigenvalue weighted by molar-refractivity contribution is -0.114. The van der Waals surface area contributed by atoms with Gasteiger partial charge in [-0.2, -0.15) is 0 Å². The van der Waals surface area contributed by atoms with Gasteiger partial charge < -0.3 is 5.32 Å². The number of aryl methyl sites for hydroxylation is 1. The summed E-state index contributed by atoms with van der Waals surface area (Å²) in [5.41, 5.74) is 1.21. The van der Waals surface area contributed by atoms with Crippen LogP contribution in [-0.4, -0.2) is 20.9 Å². The van der Waals surface area contributed by atoms with Gasteiger partial charge in [-0.05, 0) is 55.5 Å². The van der Waals surface area contributed by atoms with Crippen molar-refractivity contribution in [3.05, 3.63) is 86.3 Å². The second kappa shape index (κ2) is 9.67. The Hall–Kier alpha value is -1.96. The van der Waals surface area contributed by atoms with Crippen molar-refractivity contribution in [3.63, 3.8) is 0 Å². The van der Waals surface area contributed by atoms with Gasteiger partial charge in [-0.15, -0.1) is 0 Å². The molecule has 0 aromatic heterocycles. The fourth-order valence-corrected chi connectivity index (χ4v) is 4.93. The zero-order chi connectivity index (χ0) is 22.8. The second-order valence-corrected chi connectivity index (χ2v) is 10.1. The van der Waals surface area contributed by atoms with E-state index in [0.29, 0.717) is 5.02 Å². The van der Waals surface area contributed by atoms with E-state index in [1.807, 2.05) is 6.92 Å². The summed E-state index contributed by atoms with van der Waals surface area (Å²) in [6.45, 7) is 1.27. The Kier molecular flexibility index (Phi) is 7.39. The Morgan fingerprint density at radius 1 is 0.871 bits per heavy atom. The Morgan fingerprint density at radius 2 is 1.45 bits per heavy atom. The first-order chi connectivity index (χ1) is 14.6. The summed E-state index contributed by atoms with van der Waals surface area (Å²) in [6, 6.07) is 15.2. The van der Waals surface area contributed by atoms with E-state index in [2.05, 4.69) is 5.32 Å². The van der Waals surface area contributed by atoms with Crippen molar-refractivity contribution in [3.8, 4) is 0 Å². The highest BCUT2D eigenvalue weighted by atomic mass is 35.5. The van der Waals surface area contributed by atoms with Crippen molar-refractivity contribution in [1.29, 1.82) is 0 Å². The molecule has 1 amide bonds. The lowest BCUT2D eigenvalue weighted by atomic mass is 10.2. The van der Waals surface area contributed by atoms with Crippen molar-refractivity contribution in [2.45, 2.75) is 11.8 Å². The maximum absolute atomic E-state index is 13.4. The number of benzene rings is 3. The summed E-state index contributed by atoms with van der Waals surface area (Å²) in [7, 11) is -4.15. The van der Waals surface area contributed by atoms with Crippen LogP contribution < -0.4 is 9.62 Å². The van der Waals surface area contributed by atoms with Gasteiger partial charge in [0.2, 0.25) is 5.91 Å². The first-order valence-corrected chi connectivity index (χ1v) is 11.8. The number of nitrogens with one attached hydrogen (secondary N) is 1. The SMILES string of the molecule is Cc1ccc(S(=O)(=O)N(CC(=O)Nc2cc(Cl)ccc2Cl)c2cc(Cl)ccc2Cl)cc1. The predicted octanol–water partition coefficient (Wildman–Crippen LogP) is 6.44. The molecule has 0 bridgehead atoms. The summed E-state index contributed by atoms with van der Waals surface area (Å²) in [4.78, 5) is 12.8. The molecule has 0 aliphatic carbocycles. The van der Waals surface area contributed by atoms with Gasteiger partial charge >= 0.3 is 0 Å². The van der Waals surface area contributed by atoms with E-state index in [4.69, 9.17) is 46.4 Å². The van der Waals surface area contributed by atoms with Gasteiger partial charge in [-0.3, -0.25) is 9.10 Å². The van der Waals surface area contributed by atoms with E-state index >= 15 is 0 Å². The van der Waals surface area contributed by atoms with Crippen LogP contribution in [0, 0.1) is 6.92 Å². The largest absolute Gasteiger partial charge is 0.323 e. The molecule has 3 aromatic rings. The molecular weight excluding hydrogens is 502 g/mol. The van der Waals surface area contributed by atoms with E-state index in [-0.39, 0.29) is 31.3 Å². The maximum Gasteiger partial charge on any atom is 0.264 e. The van der Waals surface area contributed by atoms with Crippen LogP contribution in [0.5, 0.6) is 0 Å². The molecule has 3 rings (SSSR count). The van der Waals surface area contributed by atoms with Crippen LogP contribution in [-0.2, 0) is 14.8 Å². The molecule has 162 valence electrons. The zero-order valence-electron chi connectivity index (χ0n) is 16.1. The number of carbonyl (C=O) groups excluding carboxylic acids is 1. The quantitative estimate of drug-likeness (QED) is 0.409. The first kappa shape index (κ1) is 23.7. The van der Waals surface area contributed by atoms with E-state index in [1.54, 1.807) is 18.2 Å². The molecule has 0 spiro atoms. The molecule has 0 unspecified atom stereocenters. The number of amides is 1. The van der Waals surface area contributed by atoms with Gasteiger partial charge in [0.25, 0.3) is 10.0 Å². The molecule has 0 heterocycles. The number of nitrogens with zero attached hydrogens (tertiary/aromatic N) is 1. The summed E-state index contributed by atoms with van der Waals surface area (Å²) in [6.07, 6.45) is 0. The zero-order valence-corrected chi connectivity index (χ0v) is 19.9. The number of sulfonamides is 1. The van der Waals surface area contributed by atoms with Crippen molar-refractivity contribution in [1.82, 2.24) is 0 Å². The number of hydrogen-bond donors (Lipinski definition) is 1. The highest BCUT2D eigenvalue weighted by Crippen LogP contribution is 2.33. The summed E-state index contributed by atoms with van der Waals surface area (Å²) >= 11 is 24.4.